The van der Waals surface area contributed by atoms with Crippen LogP contribution < -0.4 is 10.5 Å². The fraction of sp³-hybridized carbons (Fsp3) is 0.273. The summed E-state index contributed by atoms with van der Waals surface area (Å²) in [5.74, 6) is -1.46. The van der Waals surface area contributed by atoms with Gasteiger partial charge in [-0.15, -0.1) is 0 Å². The molecule has 0 fully saturated rings. The van der Waals surface area contributed by atoms with E-state index in [0.29, 0.717) is 0 Å². The lowest BCUT2D eigenvalue weighted by Gasteiger charge is -2.10. The monoisotopic (exact) mass is 239 g/mol. The van der Waals surface area contributed by atoms with Gasteiger partial charge in [0, 0.05) is 5.69 Å². The summed E-state index contributed by atoms with van der Waals surface area (Å²) < 4.78 is 9.62. The van der Waals surface area contributed by atoms with Crippen LogP contribution >= 0.6 is 0 Å². The van der Waals surface area contributed by atoms with Crippen molar-refractivity contribution in [3.8, 4) is 5.75 Å². The molecule has 0 saturated heterocycles. The first kappa shape index (κ1) is 12.8. The molecule has 0 unspecified atom stereocenters. The highest BCUT2D eigenvalue weighted by molar-refractivity contribution is 5.96. The second-order valence-electron chi connectivity index (χ2n) is 3.20. The van der Waals surface area contributed by atoms with Crippen LogP contribution in [0.1, 0.15) is 16.8 Å². The largest absolute Gasteiger partial charge is 0.492 e. The lowest BCUT2D eigenvalue weighted by atomic mass is 10.1. The van der Waals surface area contributed by atoms with Gasteiger partial charge < -0.3 is 20.3 Å². The number of nitrogens with two attached hydrogens (primary N) is 1. The number of carboxylic acids is 1. The third kappa shape index (κ3) is 3.37. The summed E-state index contributed by atoms with van der Waals surface area (Å²) in [6.45, 7) is 0.0381. The molecule has 6 heteroatoms. The smallest absolute Gasteiger partial charge is 0.341 e. The Morgan fingerprint density at radius 1 is 1.41 bits per heavy atom. The van der Waals surface area contributed by atoms with Gasteiger partial charge in [0.05, 0.1) is 20.1 Å². The van der Waals surface area contributed by atoms with Crippen LogP contribution in [0.15, 0.2) is 18.2 Å². The van der Waals surface area contributed by atoms with Crippen LogP contribution in [0, 0.1) is 0 Å². The van der Waals surface area contributed by atoms with Gasteiger partial charge in [0.1, 0.15) is 11.3 Å². The molecule has 0 radical (unpaired) electrons. The molecule has 92 valence electrons. The molecule has 6 nitrogen and oxygen atoms in total. The Morgan fingerprint density at radius 3 is 2.71 bits per heavy atom. The number of benzene rings is 1. The van der Waals surface area contributed by atoms with E-state index in [-0.39, 0.29) is 30.0 Å². The van der Waals surface area contributed by atoms with Crippen molar-refractivity contribution in [2.45, 2.75) is 6.42 Å². The van der Waals surface area contributed by atoms with E-state index >= 15 is 0 Å². The van der Waals surface area contributed by atoms with Crippen molar-refractivity contribution in [3.05, 3.63) is 23.8 Å². The Balaban J connectivity index is 2.74. The summed E-state index contributed by atoms with van der Waals surface area (Å²) >= 11 is 0. The molecule has 0 aliphatic rings. The van der Waals surface area contributed by atoms with Gasteiger partial charge in [0.15, 0.2) is 0 Å². The fourth-order valence-corrected chi connectivity index (χ4v) is 1.24. The van der Waals surface area contributed by atoms with Crippen LogP contribution in [0.2, 0.25) is 0 Å². The SMILES string of the molecule is COC(=O)CCOc1cccc(N)c1C(=O)O. The molecule has 0 bridgehead atoms. The summed E-state index contributed by atoms with van der Waals surface area (Å²) in [6, 6.07) is 4.53. The second kappa shape index (κ2) is 5.74. The fourth-order valence-electron chi connectivity index (χ4n) is 1.24. The number of rotatable bonds is 5. The minimum Gasteiger partial charge on any atom is -0.492 e. The van der Waals surface area contributed by atoms with Gasteiger partial charge in [-0.1, -0.05) is 6.07 Å². The number of carbonyl (C=O) groups excluding carboxylic acids is 1. The molecule has 1 aromatic rings. The Kier molecular flexibility index (Phi) is 4.33. The van der Waals surface area contributed by atoms with Gasteiger partial charge >= 0.3 is 11.9 Å². The highest BCUT2D eigenvalue weighted by atomic mass is 16.5. The first-order valence-electron chi connectivity index (χ1n) is 4.87. The molecule has 1 aromatic carbocycles. The number of hydrogen-bond donors (Lipinski definition) is 2. The molecule has 1 rings (SSSR count). The topological polar surface area (TPSA) is 98.9 Å². The Labute approximate surface area is 97.9 Å². The maximum absolute atomic E-state index is 10.9. The van der Waals surface area contributed by atoms with Crippen LogP contribution in [-0.4, -0.2) is 30.8 Å². The average molecular weight is 239 g/mol. The number of methoxy groups -OCH3 is 1. The maximum Gasteiger partial charge on any atom is 0.341 e. The minimum atomic E-state index is -1.17. The molecular weight excluding hydrogens is 226 g/mol. The molecule has 0 atom stereocenters. The highest BCUT2D eigenvalue weighted by Crippen LogP contribution is 2.24. The van der Waals surface area contributed by atoms with E-state index in [2.05, 4.69) is 4.74 Å². The van der Waals surface area contributed by atoms with E-state index in [0.717, 1.165) is 0 Å². The van der Waals surface area contributed by atoms with E-state index in [1.807, 2.05) is 0 Å². The van der Waals surface area contributed by atoms with Gasteiger partial charge in [-0.3, -0.25) is 4.79 Å². The molecule has 0 aromatic heterocycles. The number of carboxylic acid groups (broad SMARTS) is 1. The van der Waals surface area contributed by atoms with Crippen LogP contribution in [0.5, 0.6) is 5.75 Å². The molecule has 0 heterocycles. The highest BCUT2D eigenvalue weighted by Gasteiger charge is 2.15. The zero-order chi connectivity index (χ0) is 12.8. The first-order valence-corrected chi connectivity index (χ1v) is 4.87. The van der Waals surface area contributed by atoms with Crippen molar-refractivity contribution in [2.75, 3.05) is 19.5 Å². The second-order valence-corrected chi connectivity index (χ2v) is 3.20. The average Bonchev–Trinajstić information content (AvgIpc) is 2.28. The molecule has 0 saturated carbocycles. The summed E-state index contributed by atoms with van der Waals surface area (Å²) in [7, 11) is 1.27. The third-order valence-electron chi connectivity index (χ3n) is 2.06. The number of nitrogen functional groups attached to an aromatic ring is 1. The first-order chi connectivity index (χ1) is 8.06. The van der Waals surface area contributed by atoms with Crippen molar-refractivity contribution in [3.63, 3.8) is 0 Å². The number of aromatic carboxylic acids is 1. The van der Waals surface area contributed by atoms with E-state index in [9.17, 15) is 9.59 Å². The van der Waals surface area contributed by atoms with Crippen molar-refractivity contribution >= 4 is 17.6 Å². The molecule has 0 aliphatic heterocycles. The van der Waals surface area contributed by atoms with E-state index in [1.165, 1.54) is 19.2 Å². The van der Waals surface area contributed by atoms with Crippen LogP contribution in [0.4, 0.5) is 5.69 Å². The van der Waals surface area contributed by atoms with Gasteiger partial charge in [0.25, 0.3) is 0 Å². The van der Waals surface area contributed by atoms with Gasteiger partial charge in [-0.05, 0) is 12.1 Å². The molecular formula is C11H13NO5. The summed E-state index contributed by atoms with van der Waals surface area (Å²) in [5, 5.41) is 8.95. The van der Waals surface area contributed by atoms with Crippen LogP contribution in [0.25, 0.3) is 0 Å². The molecule has 0 spiro atoms. The Hall–Kier alpha value is -2.24. The number of ether oxygens (including phenoxy) is 2. The van der Waals surface area contributed by atoms with Crippen LogP contribution in [0.3, 0.4) is 0 Å². The Bertz CT molecular complexity index is 430. The zero-order valence-electron chi connectivity index (χ0n) is 9.30. The number of hydrogen-bond acceptors (Lipinski definition) is 5. The lowest BCUT2D eigenvalue weighted by molar-refractivity contribution is -0.141. The predicted molar refractivity (Wildman–Crippen MR) is 59.9 cm³/mol. The summed E-state index contributed by atoms with van der Waals surface area (Å²) in [5.41, 5.74) is 5.55. The molecule has 0 aliphatic carbocycles. The number of anilines is 1. The van der Waals surface area contributed by atoms with E-state index in [1.54, 1.807) is 6.07 Å². The van der Waals surface area contributed by atoms with Crippen molar-refractivity contribution in [2.24, 2.45) is 0 Å². The lowest BCUT2D eigenvalue weighted by Crippen LogP contribution is -2.11. The summed E-state index contributed by atoms with van der Waals surface area (Å²) in [4.78, 5) is 21.8. The summed E-state index contributed by atoms with van der Waals surface area (Å²) in [6.07, 6.45) is 0.0460. The van der Waals surface area contributed by atoms with E-state index < -0.39 is 11.9 Å². The maximum atomic E-state index is 10.9. The van der Waals surface area contributed by atoms with Crippen molar-refractivity contribution < 1.29 is 24.2 Å². The Morgan fingerprint density at radius 2 is 2.12 bits per heavy atom. The predicted octanol–water partition coefficient (Wildman–Crippen LogP) is 0.909. The normalized spacial score (nSPS) is 9.71. The van der Waals surface area contributed by atoms with Gasteiger partial charge in [-0.2, -0.15) is 0 Å². The number of esters is 1. The molecule has 17 heavy (non-hydrogen) atoms. The molecule has 0 amide bonds. The molecule has 3 N–H and O–H groups in total. The van der Waals surface area contributed by atoms with Crippen molar-refractivity contribution in [1.82, 2.24) is 0 Å². The van der Waals surface area contributed by atoms with Crippen molar-refractivity contribution in [1.29, 1.82) is 0 Å². The van der Waals surface area contributed by atoms with Gasteiger partial charge in [-0.25, -0.2) is 4.79 Å². The third-order valence-corrected chi connectivity index (χ3v) is 2.06. The minimum absolute atomic E-state index is 0.0381. The standard InChI is InChI=1S/C11H13NO5/c1-16-9(13)5-6-17-8-4-2-3-7(12)10(8)11(14)15/h2-4H,5-6,12H2,1H3,(H,14,15). The van der Waals surface area contributed by atoms with Crippen LogP contribution in [-0.2, 0) is 9.53 Å². The number of carbonyl (C=O) groups is 2. The van der Waals surface area contributed by atoms with E-state index in [4.69, 9.17) is 15.6 Å². The quantitative estimate of drug-likeness (QED) is 0.585. The van der Waals surface area contributed by atoms with Gasteiger partial charge in [0.2, 0.25) is 0 Å². The zero-order valence-corrected chi connectivity index (χ0v) is 9.30.